The fourth-order valence-electron chi connectivity index (χ4n) is 3.96. The monoisotopic (exact) mass is 460 g/mol. The first-order valence-electron chi connectivity index (χ1n) is 11.2. The van der Waals surface area contributed by atoms with E-state index in [1.54, 1.807) is 19.1 Å². The van der Waals surface area contributed by atoms with Crippen LogP contribution in [-0.4, -0.2) is 31.4 Å². The quantitative estimate of drug-likeness (QED) is 0.417. The molecule has 0 heterocycles. The van der Waals surface area contributed by atoms with Gasteiger partial charge in [-0.15, -0.1) is 0 Å². The van der Waals surface area contributed by atoms with E-state index in [0.29, 0.717) is 30.7 Å². The highest BCUT2D eigenvalue weighted by atomic mass is 32.2. The number of carbonyl (C=O) groups is 1. The number of para-hydroxylation sites is 1. The van der Waals surface area contributed by atoms with Gasteiger partial charge in [-0.05, 0) is 48.8 Å². The Morgan fingerprint density at radius 3 is 2.31 bits per heavy atom. The number of hydrogen-bond acceptors (Lipinski definition) is 5. The van der Waals surface area contributed by atoms with E-state index in [4.69, 9.17) is 5.73 Å². The average Bonchev–Trinajstić information content (AvgIpc) is 2.77. The van der Waals surface area contributed by atoms with E-state index in [2.05, 4.69) is 18.6 Å². The Labute approximate surface area is 192 Å². The summed E-state index contributed by atoms with van der Waals surface area (Å²) >= 11 is 0. The zero-order chi connectivity index (χ0) is 23.9. The minimum atomic E-state index is -4.12. The predicted molar refractivity (Wildman–Crippen MR) is 128 cm³/mol. The van der Waals surface area contributed by atoms with Crippen LogP contribution in [0.2, 0.25) is 0 Å². The van der Waals surface area contributed by atoms with Crippen molar-refractivity contribution in [1.29, 1.82) is 0 Å². The number of phenolic OH excluding ortho intramolecular Hbond substituents is 1. The third kappa shape index (κ3) is 6.18. The number of nitrogens with one attached hydrogen (secondary N) is 1. The van der Waals surface area contributed by atoms with Crippen LogP contribution in [0, 0.1) is 11.8 Å². The smallest absolute Gasteiger partial charge is 0.244 e. The van der Waals surface area contributed by atoms with Gasteiger partial charge < -0.3 is 15.6 Å². The van der Waals surface area contributed by atoms with Crippen LogP contribution in [0.15, 0.2) is 53.4 Å². The molecule has 0 spiro atoms. The maximum Gasteiger partial charge on any atom is 0.244 e. The molecule has 0 aliphatic carbocycles. The lowest BCUT2D eigenvalue weighted by molar-refractivity contribution is -0.111. The number of aryl methyl sites for hydroxylation is 1. The van der Waals surface area contributed by atoms with Crippen LogP contribution in [-0.2, 0) is 27.7 Å². The topological polar surface area (TPSA) is 109 Å². The van der Waals surface area contributed by atoms with Gasteiger partial charge in [0.15, 0.2) is 0 Å². The Balaban J connectivity index is 2.50. The molecular formula is C25H36N2O4S. The molecule has 2 aromatic rings. The molecule has 3 unspecified atom stereocenters. The van der Waals surface area contributed by atoms with Gasteiger partial charge in [0, 0.05) is 12.0 Å². The minimum absolute atomic E-state index is 0.171. The maximum absolute atomic E-state index is 13.5. The highest BCUT2D eigenvalue weighted by Gasteiger charge is 2.42. The number of sulfonamides is 1. The molecule has 0 aliphatic rings. The van der Waals surface area contributed by atoms with Gasteiger partial charge in [-0.3, -0.25) is 0 Å². The maximum atomic E-state index is 13.5. The number of nitrogens with two attached hydrogens (primary N) is 1. The molecule has 2 rings (SSSR count). The lowest BCUT2D eigenvalue weighted by atomic mass is 9.78. The average molecular weight is 461 g/mol. The zero-order valence-electron chi connectivity index (χ0n) is 19.4. The van der Waals surface area contributed by atoms with Crippen molar-refractivity contribution in [2.24, 2.45) is 17.6 Å². The highest BCUT2D eigenvalue weighted by Crippen LogP contribution is 2.32. The Hall–Kier alpha value is -2.22. The summed E-state index contributed by atoms with van der Waals surface area (Å²) in [5.74, 6) is -0.371. The van der Waals surface area contributed by atoms with Gasteiger partial charge in [0.1, 0.15) is 16.9 Å². The Morgan fingerprint density at radius 2 is 1.75 bits per heavy atom. The second-order valence-electron chi connectivity index (χ2n) is 8.99. The Bertz CT molecular complexity index is 992. The van der Waals surface area contributed by atoms with Crippen LogP contribution in [0.5, 0.6) is 5.75 Å². The molecule has 0 amide bonds. The second-order valence-corrected chi connectivity index (χ2v) is 10.6. The van der Waals surface area contributed by atoms with Gasteiger partial charge in [0.05, 0.1) is 5.54 Å². The highest BCUT2D eigenvalue weighted by molar-refractivity contribution is 7.89. The van der Waals surface area contributed by atoms with Gasteiger partial charge in [-0.25, -0.2) is 13.1 Å². The zero-order valence-corrected chi connectivity index (χ0v) is 20.2. The molecule has 0 aliphatic heterocycles. The summed E-state index contributed by atoms with van der Waals surface area (Å²) in [7, 11) is -4.12. The van der Waals surface area contributed by atoms with Crippen molar-refractivity contribution >= 4 is 16.3 Å². The van der Waals surface area contributed by atoms with E-state index < -0.39 is 27.5 Å². The van der Waals surface area contributed by atoms with E-state index in [1.807, 2.05) is 37.3 Å². The molecule has 0 fully saturated rings. The standard InChI is InChI=1S/C25H36N2O4S/c1-5-25(24(26)19(4)17-28,16-20-10-7-6-8-11-20)27-32(30,31)22-13-9-12-21(23(22)29)15-14-18(2)3/h6-13,17-19,24,27,29H,5,14-16,26H2,1-4H3. The fourth-order valence-corrected chi connectivity index (χ4v) is 5.60. The van der Waals surface area contributed by atoms with E-state index in [1.165, 1.54) is 6.07 Å². The van der Waals surface area contributed by atoms with Gasteiger partial charge in [0.25, 0.3) is 0 Å². The summed E-state index contributed by atoms with van der Waals surface area (Å²) < 4.78 is 29.8. The molecule has 2 aromatic carbocycles. The molecule has 6 nitrogen and oxygen atoms in total. The molecule has 0 saturated carbocycles. The van der Waals surface area contributed by atoms with Gasteiger partial charge in [0.2, 0.25) is 10.0 Å². The molecule has 0 radical (unpaired) electrons. The van der Waals surface area contributed by atoms with Gasteiger partial charge in [-0.1, -0.05) is 70.2 Å². The summed E-state index contributed by atoms with van der Waals surface area (Å²) in [6, 6.07) is 13.5. The van der Waals surface area contributed by atoms with E-state index in [0.717, 1.165) is 18.3 Å². The molecule has 0 bridgehead atoms. The summed E-state index contributed by atoms with van der Waals surface area (Å²) in [4.78, 5) is 11.4. The molecule has 0 saturated heterocycles. The number of aldehydes is 1. The summed E-state index contributed by atoms with van der Waals surface area (Å²) in [5.41, 5.74) is 6.87. The third-order valence-electron chi connectivity index (χ3n) is 6.11. The first-order chi connectivity index (χ1) is 15.1. The predicted octanol–water partition coefficient (Wildman–Crippen LogP) is 3.81. The molecular weight excluding hydrogens is 424 g/mol. The molecule has 3 atom stereocenters. The van der Waals surface area contributed by atoms with E-state index in [9.17, 15) is 18.3 Å². The Kier molecular flexibility index (Phi) is 9.01. The fraction of sp³-hybridized carbons (Fsp3) is 0.480. The van der Waals surface area contributed by atoms with Crippen molar-refractivity contribution in [3.8, 4) is 5.75 Å². The SMILES string of the molecule is CCC(Cc1ccccc1)(NS(=O)(=O)c1cccc(CCC(C)C)c1O)C(N)C(C)C=O. The van der Waals surface area contributed by atoms with Crippen molar-refractivity contribution < 1.29 is 18.3 Å². The van der Waals surface area contributed by atoms with Crippen molar-refractivity contribution in [1.82, 2.24) is 4.72 Å². The second kappa shape index (κ2) is 11.1. The lowest BCUT2D eigenvalue weighted by Crippen LogP contribution is -2.63. The molecule has 0 aromatic heterocycles. The van der Waals surface area contributed by atoms with Crippen LogP contribution >= 0.6 is 0 Å². The van der Waals surface area contributed by atoms with E-state index >= 15 is 0 Å². The lowest BCUT2D eigenvalue weighted by Gasteiger charge is -2.40. The number of rotatable bonds is 12. The number of carbonyl (C=O) groups excluding carboxylic acids is 1. The third-order valence-corrected chi connectivity index (χ3v) is 7.70. The first-order valence-corrected chi connectivity index (χ1v) is 12.6. The number of phenols is 1. The summed E-state index contributed by atoms with van der Waals surface area (Å²) in [6.45, 7) is 7.69. The van der Waals surface area contributed by atoms with Crippen molar-refractivity contribution in [3.05, 3.63) is 59.7 Å². The van der Waals surface area contributed by atoms with Crippen LogP contribution in [0.1, 0.15) is 51.7 Å². The van der Waals surface area contributed by atoms with Crippen molar-refractivity contribution in [2.75, 3.05) is 0 Å². The normalized spacial score (nSPS) is 15.8. The minimum Gasteiger partial charge on any atom is -0.506 e. The molecule has 4 N–H and O–H groups in total. The summed E-state index contributed by atoms with van der Waals surface area (Å²) in [5, 5.41) is 10.8. The number of aromatic hydroxyl groups is 1. The number of benzene rings is 2. The Morgan fingerprint density at radius 1 is 1.09 bits per heavy atom. The van der Waals surface area contributed by atoms with Crippen LogP contribution < -0.4 is 10.5 Å². The van der Waals surface area contributed by atoms with Crippen LogP contribution in [0.3, 0.4) is 0 Å². The summed E-state index contributed by atoms with van der Waals surface area (Å²) in [6.07, 6.45) is 2.85. The van der Waals surface area contributed by atoms with E-state index in [-0.39, 0.29) is 10.6 Å². The molecule has 7 heteroatoms. The molecule has 32 heavy (non-hydrogen) atoms. The first kappa shape index (κ1) is 26.0. The van der Waals surface area contributed by atoms with Crippen molar-refractivity contribution in [3.63, 3.8) is 0 Å². The van der Waals surface area contributed by atoms with Crippen LogP contribution in [0.4, 0.5) is 0 Å². The van der Waals surface area contributed by atoms with Gasteiger partial charge in [-0.2, -0.15) is 0 Å². The van der Waals surface area contributed by atoms with Crippen molar-refractivity contribution in [2.45, 2.75) is 69.9 Å². The largest absolute Gasteiger partial charge is 0.506 e. The number of hydrogen-bond donors (Lipinski definition) is 3. The molecule has 176 valence electrons. The van der Waals surface area contributed by atoms with Crippen LogP contribution in [0.25, 0.3) is 0 Å². The van der Waals surface area contributed by atoms with Gasteiger partial charge >= 0.3 is 0 Å².